The second kappa shape index (κ2) is 8.27. The Labute approximate surface area is 152 Å². The predicted octanol–water partition coefficient (Wildman–Crippen LogP) is 2.96. The summed E-state index contributed by atoms with van der Waals surface area (Å²) in [5.74, 6) is 1.53. The van der Waals surface area contributed by atoms with Crippen molar-refractivity contribution < 1.29 is 22.6 Å². The van der Waals surface area contributed by atoms with Crippen molar-refractivity contribution in [3.63, 3.8) is 0 Å². The summed E-state index contributed by atoms with van der Waals surface area (Å²) in [5, 5.41) is 12.1. The lowest BCUT2D eigenvalue weighted by Crippen LogP contribution is -2.05. The monoisotopic (exact) mass is 374 g/mol. The van der Waals surface area contributed by atoms with Gasteiger partial charge in [0.05, 0.1) is 26.2 Å². The Morgan fingerprint density at radius 2 is 1.65 bits per heavy atom. The number of anilines is 1. The van der Waals surface area contributed by atoms with E-state index in [9.17, 15) is 13.7 Å². The Bertz CT molecular complexity index is 945. The highest BCUT2D eigenvalue weighted by Crippen LogP contribution is 2.30. The fourth-order valence-corrected chi connectivity index (χ4v) is 3.21. The molecule has 26 heavy (non-hydrogen) atoms. The summed E-state index contributed by atoms with van der Waals surface area (Å²) in [6.07, 6.45) is 1.14. The smallest absolute Gasteiger partial charge is 0.218 e. The number of sulfone groups is 1. The normalized spacial score (nSPS) is 11.4. The average molecular weight is 374 g/mol. The van der Waals surface area contributed by atoms with Gasteiger partial charge in [-0.3, -0.25) is 0 Å². The average Bonchev–Trinajstić information content (AvgIpc) is 2.68. The first kappa shape index (κ1) is 19.1. The minimum Gasteiger partial charge on any atom is -0.497 e. The van der Waals surface area contributed by atoms with Crippen LogP contribution >= 0.6 is 0 Å². The van der Waals surface area contributed by atoms with Crippen LogP contribution in [-0.4, -0.2) is 29.7 Å². The van der Waals surface area contributed by atoms with Gasteiger partial charge in [0.1, 0.15) is 11.8 Å². The Morgan fingerprint density at radius 1 is 1.00 bits per heavy atom. The van der Waals surface area contributed by atoms with Gasteiger partial charge in [-0.05, 0) is 36.4 Å². The summed E-state index contributed by atoms with van der Waals surface area (Å²) in [5.41, 5.74) is 0.542. The van der Waals surface area contributed by atoms with Crippen LogP contribution in [0.25, 0.3) is 0 Å². The first-order chi connectivity index (χ1) is 12.5. The number of allylic oxidation sites excluding steroid dienone is 1. The number of ether oxygens (including phenoxy) is 3. The van der Waals surface area contributed by atoms with Crippen LogP contribution in [0.3, 0.4) is 0 Å². The maximum atomic E-state index is 12.6. The van der Waals surface area contributed by atoms with Crippen molar-refractivity contribution in [3.05, 3.63) is 53.6 Å². The largest absolute Gasteiger partial charge is 0.497 e. The zero-order valence-corrected chi connectivity index (χ0v) is 15.3. The molecule has 1 N–H and O–H groups in total. The van der Waals surface area contributed by atoms with Crippen LogP contribution in [0.5, 0.6) is 17.2 Å². The van der Waals surface area contributed by atoms with Crippen LogP contribution < -0.4 is 19.5 Å². The summed E-state index contributed by atoms with van der Waals surface area (Å²) < 4.78 is 40.5. The van der Waals surface area contributed by atoms with E-state index >= 15 is 0 Å². The molecule has 2 rings (SSSR count). The fourth-order valence-electron chi connectivity index (χ4n) is 2.13. The zero-order chi connectivity index (χ0) is 19.2. The molecule has 2 aromatic carbocycles. The Balaban J connectivity index is 2.30. The quantitative estimate of drug-likeness (QED) is 0.744. The molecule has 8 heteroatoms. The summed E-state index contributed by atoms with van der Waals surface area (Å²) in [7, 11) is 0.541. The van der Waals surface area contributed by atoms with E-state index in [0.29, 0.717) is 22.9 Å². The number of methoxy groups -OCH3 is 3. The molecule has 0 spiro atoms. The third kappa shape index (κ3) is 4.07. The van der Waals surface area contributed by atoms with Crippen LogP contribution in [0.2, 0.25) is 0 Å². The lowest BCUT2D eigenvalue weighted by atomic mass is 10.3. The number of nitriles is 1. The van der Waals surface area contributed by atoms with E-state index in [1.165, 1.54) is 45.6 Å². The molecule has 7 nitrogen and oxygen atoms in total. The minimum absolute atomic E-state index is 0.000196. The van der Waals surface area contributed by atoms with Gasteiger partial charge in [0, 0.05) is 18.0 Å². The molecule has 0 amide bonds. The number of hydrogen-bond acceptors (Lipinski definition) is 7. The van der Waals surface area contributed by atoms with Crippen molar-refractivity contribution in [3.8, 4) is 23.3 Å². The lowest BCUT2D eigenvalue weighted by molar-refractivity contribution is 0.355. The number of nitrogens with one attached hydrogen (secondary N) is 1. The maximum Gasteiger partial charge on any atom is 0.218 e. The molecule has 0 aliphatic carbocycles. The van der Waals surface area contributed by atoms with Gasteiger partial charge in [0.25, 0.3) is 0 Å². The van der Waals surface area contributed by atoms with Crippen molar-refractivity contribution >= 4 is 15.5 Å². The second-order valence-corrected chi connectivity index (χ2v) is 6.93. The Hall–Kier alpha value is -3.18. The highest BCUT2D eigenvalue weighted by Gasteiger charge is 2.21. The highest BCUT2D eigenvalue weighted by atomic mass is 32.2. The second-order valence-electron chi connectivity index (χ2n) is 5.01. The standard InChI is InChI=1S/C18H18N2O5S/c1-23-14-5-7-15(8-6-14)26(21,22)16(11-19)12-20-13-4-9-17(24-2)18(10-13)25-3/h4-10,12,20H,1-3H3/b16-12-. The lowest BCUT2D eigenvalue weighted by Gasteiger charge is -2.10. The van der Waals surface area contributed by atoms with Gasteiger partial charge >= 0.3 is 0 Å². The van der Waals surface area contributed by atoms with Gasteiger partial charge < -0.3 is 19.5 Å². The summed E-state index contributed by atoms with van der Waals surface area (Å²) in [6.45, 7) is 0. The van der Waals surface area contributed by atoms with E-state index in [2.05, 4.69) is 5.32 Å². The van der Waals surface area contributed by atoms with Crippen molar-refractivity contribution in [1.82, 2.24) is 0 Å². The molecular weight excluding hydrogens is 356 g/mol. The van der Waals surface area contributed by atoms with Gasteiger partial charge in [-0.2, -0.15) is 5.26 Å². The van der Waals surface area contributed by atoms with Crippen molar-refractivity contribution in [2.75, 3.05) is 26.6 Å². The topological polar surface area (TPSA) is 97.7 Å². The maximum absolute atomic E-state index is 12.6. The molecule has 0 bridgehead atoms. The minimum atomic E-state index is -3.95. The number of benzene rings is 2. The molecule has 0 saturated carbocycles. The van der Waals surface area contributed by atoms with E-state index in [-0.39, 0.29) is 4.90 Å². The first-order valence-electron chi connectivity index (χ1n) is 7.44. The van der Waals surface area contributed by atoms with Gasteiger partial charge in [-0.15, -0.1) is 0 Å². The van der Waals surface area contributed by atoms with Gasteiger partial charge in [-0.25, -0.2) is 8.42 Å². The molecule has 0 heterocycles. The first-order valence-corrected chi connectivity index (χ1v) is 8.92. The number of hydrogen-bond donors (Lipinski definition) is 1. The van der Waals surface area contributed by atoms with Crippen LogP contribution in [0.4, 0.5) is 5.69 Å². The fraction of sp³-hybridized carbons (Fsp3) is 0.167. The van der Waals surface area contributed by atoms with E-state index in [4.69, 9.17) is 14.2 Å². The number of rotatable bonds is 7. The highest BCUT2D eigenvalue weighted by molar-refractivity contribution is 7.95. The molecule has 136 valence electrons. The predicted molar refractivity (Wildman–Crippen MR) is 97.0 cm³/mol. The molecule has 0 aliphatic rings. The molecule has 0 aliphatic heterocycles. The van der Waals surface area contributed by atoms with Gasteiger partial charge in [0.2, 0.25) is 9.84 Å². The summed E-state index contributed by atoms with van der Waals surface area (Å²) >= 11 is 0. The SMILES string of the molecule is COc1ccc(S(=O)(=O)/C(C#N)=C\Nc2ccc(OC)c(OC)c2)cc1. The Morgan fingerprint density at radius 3 is 2.19 bits per heavy atom. The van der Waals surface area contributed by atoms with E-state index in [1.54, 1.807) is 24.3 Å². The third-order valence-corrected chi connectivity index (χ3v) is 5.20. The summed E-state index contributed by atoms with van der Waals surface area (Å²) in [4.78, 5) is -0.419. The summed E-state index contributed by atoms with van der Waals surface area (Å²) in [6, 6.07) is 12.5. The third-order valence-electron chi connectivity index (χ3n) is 3.52. The van der Waals surface area contributed by atoms with Gasteiger partial charge in [-0.1, -0.05) is 0 Å². The molecular formula is C18H18N2O5S. The molecule has 0 unspecified atom stereocenters. The van der Waals surface area contributed by atoms with Crippen molar-refractivity contribution in [1.29, 1.82) is 5.26 Å². The Kier molecular flexibility index (Phi) is 6.09. The van der Waals surface area contributed by atoms with E-state index in [0.717, 1.165) is 6.20 Å². The molecule has 0 atom stereocenters. The van der Waals surface area contributed by atoms with E-state index < -0.39 is 14.7 Å². The van der Waals surface area contributed by atoms with Crippen LogP contribution in [-0.2, 0) is 9.84 Å². The molecule has 0 saturated heterocycles. The van der Waals surface area contributed by atoms with Crippen LogP contribution in [0.15, 0.2) is 58.5 Å². The van der Waals surface area contributed by atoms with Crippen LogP contribution in [0.1, 0.15) is 0 Å². The zero-order valence-electron chi connectivity index (χ0n) is 14.5. The molecule has 0 aromatic heterocycles. The van der Waals surface area contributed by atoms with Crippen molar-refractivity contribution in [2.24, 2.45) is 0 Å². The van der Waals surface area contributed by atoms with Gasteiger partial charge in [0.15, 0.2) is 16.4 Å². The van der Waals surface area contributed by atoms with E-state index in [1.807, 2.05) is 0 Å². The molecule has 2 aromatic rings. The number of nitrogens with zero attached hydrogens (tertiary/aromatic N) is 1. The van der Waals surface area contributed by atoms with Crippen molar-refractivity contribution in [2.45, 2.75) is 4.90 Å². The van der Waals surface area contributed by atoms with Crippen LogP contribution in [0, 0.1) is 11.3 Å². The molecule has 0 fully saturated rings. The molecule has 0 radical (unpaired) electrons.